The number of amides is 2. The molecule has 5 rings (SSSR count). The van der Waals surface area contributed by atoms with E-state index in [1.165, 1.54) is 0 Å². The summed E-state index contributed by atoms with van der Waals surface area (Å²) in [5.41, 5.74) is 3.67. The number of aromatic nitrogens is 1. The zero-order valence-electron chi connectivity index (χ0n) is 16.8. The quantitative estimate of drug-likeness (QED) is 0.604. The normalized spacial score (nSPS) is 16.8. The topological polar surface area (TPSA) is 89.7 Å². The summed E-state index contributed by atoms with van der Waals surface area (Å²) >= 11 is 0. The van der Waals surface area contributed by atoms with E-state index in [-0.39, 0.29) is 5.91 Å². The number of nitrogens with zero attached hydrogens (tertiary/aromatic N) is 2. The predicted molar refractivity (Wildman–Crippen MR) is 113 cm³/mol. The van der Waals surface area contributed by atoms with E-state index >= 15 is 0 Å². The lowest BCUT2D eigenvalue weighted by Crippen LogP contribution is -2.35. The molecule has 3 heterocycles. The smallest absolute Gasteiger partial charge is 0.339 e. The summed E-state index contributed by atoms with van der Waals surface area (Å²) in [4.78, 5) is 43.1. The number of imide groups is 1. The highest BCUT2D eigenvalue weighted by atomic mass is 16.5. The van der Waals surface area contributed by atoms with Gasteiger partial charge in [0.1, 0.15) is 5.76 Å². The van der Waals surface area contributed by atoms with Crippen LogP contribution in [0.2, 0.25) is 0 Å². The van der Waals surface area contributed by atoms with E-state index in [1.807, 2.05) is 42.5 Å². The van der Waals surface area contributed by atoms with Crippen LogP contribution in [0.25, 0.3) is 22.6 Å². The Morgan fingerprint density at radius 2 is 2.00 bits per heavy atom. The van der Waals surface area contributed by atoms with Crippen LogP contribution in [0.15, 0.2) is 47.1 Å². The zero-order chi connectivity index (χ0) is 21.4. The van der Waals surface area contributed by atoms with Gasteiger partial charge in [0.05, 0.1) is 23.0 Å². The number of pyridine rings is 1. The van der Waals surface area contributed by atoms with Crippen molar-refractivity contribution in [3.05, 3.63) is 65.2 Å². The van der Waals surface area contributed by atoms with Gasteiger partial charge in [-0.15, -0.1) is 0 Å². The molecule has 0 bridgehead atoms. The molecule has 1 saturated heterocycles. The molecule has 0 atom stereocenters. The van der Waals surface area contributed by atoms with Gasteiger partial charge < -0.3 is 9.15 Å². The average Bonchev–Trinajstić information content (AvgIpc) is 3.53. The van der Waals surface area contributed by atoms with Gasteiger partial charge in [-0.3, -0.25) is 14.5 Å². The summed E-state index contributed by atoms with van der Waals surface area (Å²) in [6.07, 6.45) is 5.91. The fourth-order valence-electron chi connectivity index (χ4n) is 4.25. The molecule has 1 aromatic carbocycles. The van der Waals surface area contributed by atoms with Gasteiger partial charge in [-0.05, 0) is 54.7 Å². The maximum atomic E-state index is 13.1. The number of benzene rings is 1. The monoisotopic (exact) mass is 416 g/mol. The second-order valence-corrected chi connectivity index (χ2v) is 7.63. The van der Waals surface area contributed by atoms with E-state index in [2.05, 4.69) is 0 Å². The molecule has 1 aliphatic heterocycles. The number of ether oxygens (including phenoxy) is 1. The second-order valence-electron chi connectivity index (χ2n) is 7.63. The standard InChI is InChI=1S/C24H20N2O5/c27-20-8-3-11-26(20)21(28)14-31-24(29)22-17-6-1-2-7-19(17)25-23-15(9-10-18(22)23)13-16-5-4-12-30-16/h1-2,4-7,12-13H,3,8-11,14H2/b15-13+. The average molecular weight is 416 g/mol. The number of rotatable bonds is 4. The Labute approximate surface area is 178 Å². The predicted octanol–water partition coefficient (Wildman–Crippen LogP) is 3.62. The molecule has 3 aromatic rings. The van der Waals surface area contributed by atoms with Crippen molar-refractivity contribution in [2.75, 3.05) is 13.2 Å². The Kier molecular flexibility index (Phi) is 4.86. The summed E-state index contributed by atoms with van der Waals surface area (Å²) in [5.74, 6) is -0.551. The van der Waals surface area contributed by atoms with Gasteiger partial charge in [-0.2, -0.15) is 0 Å². The Morgan fingerprint density at radius 3 is 2.77 bits per heavy atom. The van der Waals surface area contributed by atoms with Crippen molar-refractivity contribution in [2.24, 2.45) is 0 Å². The van der Waals surface area contributed by atoms with Crippen LogP contribution in [0.5, 0.6) is 0 Å². The van der Waals surface area contributed by atoms with Gasteiger partial charge in [0.25, 0.3) is 5.91 Å². The van der Waals surface area contributed by atoms with E-state index in [1.54, 1.807) is 6.26 Å². The van der Waals surface area contributed by atoms with Crippen LogP contribution < -0.4 is 0 Å². The first-order chi connectivity index (χ1) is 15.1. The van der Waals surface area contributed by atoms with E-state index < -0.39 is 18.5 Å². The summed E-state index contributed by atoms with van der Waals surface area (Å²) in [6, 6.07) is 11.1. The molecule has 0 spiro atoms. The van der Waals surface area contributed by atoms with Crippen LogP contribution in [0.4, 0.5) is 0 Å². The van der Waals surface area contributed by atoms with E-state index in [0.29, 0.717) is 42.3 Å². The van der Waals surface area contributed by atoms with Crippen molar-refractivity contribution in [3.63, 3.8) is 0 Å². The third-order valence-corrected chi connectivity index (χ3v) is 5.71. The Balaban J connectivity index is 1.49. The minimum atomic E-state index is -0.575. The lowest BCUT2D eigenvalue weighted by molar-refractivity contribution is -0.143. The minimum Gasteiger partial charge on any atom is -0.465 e. The van der Waals surface area contributed by atoms with Crippen LogP contribution >= 0.6 is 0 Å². The fourth-order valence-corrected chi connectivity index (χ4v) is 4.25. The SMILES string of the molecule is O=C(OCC(=O)N1CCCC1=O)c1c2c(nc3ccccc13)/C(=C/c1ccco1)CC2. The molecule has 2 amide bonds. The van der Waals surface area contributed by atoms with Crippen molar-refractivity contribution in [3.8, 4) is 0 Å². The molecule has 7 nitrogen and oxygen atoms in total. The first-order valence-corrected chi connectivity index (χ1v) is 10.3. The number of furan rings is 1. The summed E-state index contributed by atoms with van der Waals surface area (Å²) < 4.78 is 10.8. The minimum absolute atomic E-state index is 0.219. The number of carbonyl (C=O) groups is 3. The molecule has 0 N–H and O–H groups in total. The molecule has 0 saturated carbocycles. The van der Waals surface area contributed by atoms with Crippen LogP contribution in [0.1, 0.15) is 46.6 Å². The third-order valence-electron chi connectivity index (χ3n) is 5.71. The first-order valence-electron chi connectivity index (χ1n) is 10.3. The van der Waals surface area contributed by atoms with Gasteiger partial charge in [0, 0.05) is 18.4 Å². The van der Waals surface area contributed by atoms with Crippen molar-refractivity contribution in [1.82, 2.24) is 9.88 Å². The number of esters is 1. The Morgan fingerprint density at radius 1 is 1.13 bits per heavy atom. The second kappa shape index (κ2) is 7.83. The van der Waals surface area contributed by atoms with Crippen LogP contribution in [0, 0.1) is 0 Å². The highest BCUT2D eigenvalue weighted by Gasteiger charge is 2.30. The van der Waals surface area contributed by atoms with Crippen LogP contribution in [-0.4, -0.2) is 40.8 Å². The molecule has 0 unspecified atom stereocenters. The van der Waals surface area contributed by atoms with Crippen molar-refractivity contribution < 1.29 is 23.5 Å². The number of fused-ring (bicyclic) bond motifs is 2. The third kappa shape index (κ3) is 3.52. The maximum Gasteiger partial charge on any atom is 0.339 e. The van der Waals surface area contributed by atoms with E-state index in [9.17, 15) is 14.4 Å². The summed E-state index contributed by atoms with van der Waals surface area (Å²) in [5, 5.41) is 0.690. The number of likely N-dealkylation sites (tertiary alicyclic amines) is 1. The molecule has 2 aromatic heterocycles. The molecule has 2 aliphatic rings. The van der Waals surface area contributed by atoms with Gasteiger partial charge in [0.2, 0.25) is 5.91 Å². The van der Waals surface area contributed by atoms with Crippen LogP contribution in [0.3, 0.4) is 0 Å². The van der Waals surface area contributed by atoms with Crippen molar-refractivity contribution in [1.29, 1.82) is 0 Å². The van der Waals surface area contributed by atoms with Crippen molar-refractivity contribution in [2.45, 2.75) is 25.7 Å². The molecule has 0 radical (unpaired) electrons. The molecular formula is C24H20N2O5. The number of hydrogen-bond donors (Lipinski definition) is 0. The van der Waals surface area contributed by atoms with Gasteiger partial charge in [-0.25, -0.2) is 9.78 Å². The van der Waals surface area contributed by atoms with E-state index in [4.69, 9.17) is 14.1 Å². The summed E-state index contributed by atoms with van der Waals surface area (Å²) in [6.45, 7) is -0.0746. The largest absolute Gasteiger partial charge is 0.465 e. The Bertz CT molecular complexity index is 1230. The number of carbonyl (C=O) groups excluding carboxylic acids is 3. The van der Waals surface area contributed by atoms with Gasteiger partial charge >= 0.3 is 5.97 Å². The molecule has 1 fully saturated rings. The number of hydrogen-bond acceptors (Lipinski definition) is 6. The zero-order valence-corrected chi connectivity index (χ0v) is 16.8. The first kappa shape index (κ1) is 19.2. The molecule has 31 heavy (non-hydrogen) atoms. The maximum absolute atomic E-state index is 13.1. The molecule has 156 valence electrons. The highest BCUT2D eigenvalue weighted by molar-refractivity contribution is 6.08. The summed E-state index contributed by atoms with van der Waals surface area (Å²) in [7, 11) is 0. The molecule has 7 heteroatoms. The lowest BCUT2D eigenvalue weighted by Gasteiger charge is -2.15. The lowest BCUT2D eigenvalue weighted by atomic mass is 10.0. The van der Waals surface area contributed by atoms with Crippen LogP contribution in [-0.2, 0) is 20.7 Å². The number of para-hydroxylation sites is 1. The van der Waals surface area contributed by atoms with E-state index in [0.717, 1.165) is 33.9 Å². The molecule has 1 aliphatic carbocycles. The van der Waals surface area contributed by atoms with Gasteiger partial charge in [0.15, 0.2) is 6.61 Å². The van der Waals surface area contributed by atoms with Gasteiger partial charge in [-0.1, -0.05) is 18.2 Å². The Hall–Kier alpha value is -3.74. The highest BCUT2D eigenvalue weighted by Crippen LogP contribution is 2.37. The number of allylic oxidation sites excluding steroid dienone is 1. The fraction of sp³-hybridized carbons (Fsp3) is 0.250. The molecular weight excluding hydrogens is 396 g/mol. The van der Waals surface area contributed by atoms with Crippen molar-refractivity contribution >= 4 is 40.3 Å².